The van der Waals surface area contributed by atoms with Crippen molar-refractivity contribution >= 4 is 10.8 Å². The van der Waals surface area contributed by atoms with Crippen molar-refractivity contribution in [2.75, 3.05) is 0 Å². The first kappa shape index (κ1) is 12.7. The van der Waals surface area contributed by atoms with Gasteiger partial charge in [-0.1, -0.05) is 12.1 Å². The molecule has 0 spiro atoms. The smallest absolute Gasteiger partial charge is 0.166 e. The molecule has 0 N–H and O–H groups in total. The van der Waals surface area contributed by atoms with Gasteiger partial charge in [-0.3, -0.25) is 0 Å². The van der Waals surface area contributed by atoms with Crippen molar-refractivity contribution in [3.05, 3.63) is 47.5 Å². The fraction of sp³-hybridized carbons (Fsp3) is 0.167. The molecule has 0 aliphatic carbocycles. The first-order valence-electron chi connectivity index (χ1n) is 4.78. The number of hydrogen-bond donors (Lipinski definition) is 0. The largest absolute Gasteiger partial charge is 0.417 e. The van der Waals surface area contributed by atoms with Gasteiger partial charge in [-0.25, -0.2) is 0 Å². The molecule has 0 atom stereocenters. The maximum absolute atomic E-state index is 12.6. The molecule has 0 aromatic heterocycles. The summed E-state index contributed by atoms with van der Waals surface area (Å²) in [4.78, 5) is 0. The third-order valence-electron chi connectivity index (χ3n) is 2.41. The zero-order valence-corrected chi connectivity index (χ0v) is 8.65. The summed E-state index contributed by atoms with van der Waals surface area (Å²) in [5.41, 5.74) is -2.01. The van der Waals surface area contributed by atoms with Crippen molar-refractivity contribution < 1.29 is 26.3 Å². The van der Waals surface area contributed by atoms with Gasteiger partial charge in [-0.05, 0) is 29.7 Å². The molecule has 0 unspecified atom stereocenters. The Bertz CT molecular complexity index is 579. The molecule has 1 radical (unpaired) electrons. The Morgan fingerprint density at radius 3 is 2.11 bits per heavy atom. The van der Waals surface area contributed by atoms with Crippen LogP contribution in [0.5, 0.6) is 0 Å². The van der Waals surface area contributed by atoms with Gasteiger partial charge in [-0.2, -0.15) is 26.3 Å². The SMILES string of the molecule is FC(F)(F)c1c[c]c2c(C(F)(F)F)cccc2c1. The van der Waals surface area contributed by atoms with Gasteiger partial charge in [0.25, 0.3) is 0 Å². The zero-order valence-electron chi connectivity index (χ0n) is 8.65. The van der Waals surface area contributed by atoms with E-state index in [-0.39, 0.29) is 10.8 Å². The quantitative estimate of drug-likeness (QED) is 0.605. The first-order valence-corrected chi connectivity index (χ1v) is 4.78. The average Bonchev–Trinajstić information content (AvgIpc) is 2.25. The molecule has 0 amide bonds. The van der Waals surface area contributed by atoms with Crippen LogP contribution in [0.1, 0.15) is 11.1 Å². The van der Waals surface area contributed by atoms with Crippen molar-refractivity contribution in [3.8, 4) is 0 Å². The van der Waals surface area contributed by atoms with E-state index in [9.17, 15) is 26.3 Å². The Labute approximate surface area is 97.8 Å². The van der Waals surface area contributed by atoms with Crippen molar-refractivity contribution in [3.63, 3.8) is 0 Å². The van der Waals surface area contributed by atoms with Crippen LogP contribution in [0.3, 0.4) is 0 Å². The summed E-state index contributed by atoms with van der Waals surface area (Å²) in [5, 5.41) is -0.502. The van der Waals surface area contributed by atoms with Gasteiger partial charge in [0.05, 0.1) is 11.1 Å². The zero-order chi connectivity index (χ0) is 13.6. The molecule has 18 heavy (non-hydrogen) atoms. The Hall–Kier alpha value is -1.72. The summed E-state index contributed by atoms with van der Waals surface area (Å²) in [7, 11) is 0. The lowest BCUT2D eigenvalue weighted by atomic mass is 10.0. The van der Waals surface area contributed by atoms with Crippen molar-refractivity contribution in [1.82, 2.24) is 0 Å². The van der Waals surface area contributed by atoms with Crippen LogP contribution in [0.15, 0.2) is 30.3 Å². The number of alkyl halides is 6. The highest BCUT2D eigenvalue weighted by molar-refractivity contribution is 5.86. The highest BCUT2D eigenvalue weighted by Crippen LogP contribution is 2.37. The Balaban J connectivity index is 2.68. The molecule has 0 heterocycles. The molecule has 0 aliphatic rings. The number of benzene rings is 2. The van der Waals surface area contributed by atoms with Crippen LogP contribution in [0.25, 0.3) is 10.8 Å². The van der Waals surface area contributed by atoms with Crippen molar-refractivity contribution in [1.29, 1.82) is 0 Å². The molecule has 0 bridgehead atoms. The number of fused-ring (bicyclic) bond motifs is 1. The Morgan fingerprint density at radius 2 is 1.56 bits per heavy atom. The Kier molecular flexibility index (Phi) is 2.76. The minimum absolute atomic E-state index is 0.139. The number of halogens is 6. The highest BCUT2D eigenvalue weighted by atomic mass is 19.4. The highest BCUT2D eigenvalue weighted by Gasteiger charge is 2.34. The molecule has 0 nitrogen and oxygen atoms in total. The summed E-state index contributed by atoms with van der Waals surface area (Å²) in [6, 6.07) is 6.34. The average molecular weight is 263 g/mol. The second-order valence-electron chi connectivity index (χ2n) is 3.65. The van der Waals surface area contributed by atoms with Crippen molar-refractivity contribution in [2.24, 2.45) is 0 Å². The molecular formula is C12H5F6. The third-order valence-corrected chi connectivity index (χ3v) is 2.41. The van der Waals surface area contributed by atoms with E-state index in [2.05, 4.69) is 6.07 Å². The topological polar surface area (TPSA) is 0 Å². The van der Waals surface area contributed by atoms with E-state index in [1.165, 1.54) is 6.07 Å². The maximum Gasteiger partial charge on any atom is 0.417 e. The molecule has 2 rings (SSSR count). The minimum atomic E-state index is -4.62. The molecule has 0 fully saturated rings. The second-order valence-corrected chi connectivity index (χ2v) is 3.65. The maximum atomic E-state index is 12.6. The van der Waals surface area contributed by atoms with Gasteiger partial charge in [-0.15, -0.1) is 0 Å². The number of hydrogen-bond acceptors (Lipinski definition) is 0. The molecule has 0 aliphatic heterocycles. The lowest BCUT2D eigenvalue weighted by Gasteiger charge is -2.12. The van der Waals surface area contributed by atoms with E-state index in [1.807, 2.05) is 0 Å². The van der Waals surface area contributed by atoms with Crippen LogP contribution in [-0.2, 0) is 12.4 Å². The van der Waals surface area contributed by atoms with Crippen LogP contribution in [0.4, 0.5) is 26.3 Å². The predicted molar refractivity (Wildman–Crippen MR) is 52.8 cm³/mol. The van der Waals surface area contributed by atoms with Crippen LogP contribution in [0, 0.1) is 6.07 Å². The third kappa shape index (κ3) is 2.27. The van der Waals surface area contributed by atoms with Gasteiger partial charge in [0.2, 0.25) is 0 Å². The van der Waals surface area contributed by atoms with Crippen LogP contribution < -0.4 is 0 Å². The first-order chi connectivity index (χ1) is 8.19. The molecule has 95 valence electrons. The molecular weight excluding hydrogens is 258 g/mol. The second kappa shape index (κ2) is 3.90. The molecule has 0 saturated heterocycles. The normalized spacial score (nSPS) is 13.0. The number of rotatable bonds is 0. The lowest BCUT2D eigenvalue weighted by molar-refractivity contribution is -0.137. The standard InChI is InChI=1S/C12H5F6/c13-11(14,15)8-4-5-9-7(6-8)2-1-3-10(9)12(16,17)18/h1-4,6H. The van der Waals surface area contributed by atoms with E-state index in [0.29, 0.717) is 12.1 Å². The van der Waals surface area contributed by atoms with Gasteiger partial charge >= 0.3 is 12.4 Å². The molecule has 0 saturated carbocycles. The minimum Gasteiger partial charge on any atom is -0.166 e. The fourth-order valence-corrected chi connectivity index (χ4v) is 1.61. The van der Waals surface area contributed by atoms with E-state index >= 15 is 0 Å². The van der Waals surface area contributed by atoms with E-state index < -0.39 is 23.5 Å². The summed E-state index contributed by atoms with van der Waals surface area (Å²) in [5.74, 6) is 0. The molecule has 2 aromatic rings. The molecule has 6 heteroatoms. The van der Waals surface area contributed by atoms with Gasteiger partial charge < -0.3 is 0 Å². The Morgan fingerprint density at radius 1 is 0.889 bits per heavy atom. The van der Waals surface area contributed by atoms with E-state index in [0.717, 1.165) is 12.1 Å². The summed E-state index contributed by atoms with van der Waals surface area (Å²) in [6.07, 6.45) is -9.21. The predicted octanol–water partition coefficient (Wildman–Crippen LogP) is 4.68. The van der Waals surface area contributed by atoms with Gasteiger partial charge in [0, 0.05) is 5.39 Å². The monoisotopic (exact) mass is 263 g/mol. The van der Waals surface area contributed by atoms with Gasteiger partial charge in [0.1, 0.15) is 0 Å². The van der Waals surface area contributed by atoms with Crippen LogP contribution in [-0.4, -0.2) is 0 Å². The van der Waals surface area contributed by atoms with Crippen LogP contribution in [0.2, 0.25) is 0 Å². The molecule has 2 aromatic carbocycles. The summed E-state index contributed by atoms with van der Waals surface area (Å²) >= 11 is 0. The summed E-state index contributed by atoms with van der Waals surface area (Å²) in [6.45, 7) is 0. The van der Waals surface area contributed by atoms with Gasteiger partial charge in [0.15, 0.2) is 0 Å². The van der Waals surface area contributed by atoms with Crippen molar-refractivity contribution in [2.45, 2.75) is 12.4 Å². The van der Waals surface area contributed by atoms with E-state index in [4.69, 9.17) is 0 Å². The van der Waals surface area contributed by atoms with E-state index in [1.54, 1.807) is 0 Å². The fourth-order valence-electron chi connectivity index (χ4n) is 1.61. The summed E-state index contributed by atoms with van der Waals surface area (Å²) < 4.78 is 75.1. The van der Waals surface area contributed by atoms with Crippen LogP contribution >= 0.6 is 0 Å². The lowest BCUT2D eigenvalue weighted by Crippen LogP contribution is -2.07.